The summed E-state index contributed by atoms with van der Waals surface area (Å²) in [5.41, 5.74) is 0.523. The molecule has 1 aromatic carbocycles. The molecule has 0 aliphatic carbocycles. The minimum Gasteiger partial charge on any atom is -0.388 e. The molecule has 1 unspecified atom stereocenters. The van der Waals surface area contributed by atoms with Crippen molar-refractivity contribution >= 4 is 0 Å². The van der Waals surface area contributed by atoms with Crippen LogP contribution in [0.5, 0.6) is 0 Å². The maximum absolute atomic E-state index is 10.8. The molecule has 6 heteroatoms. The number of benzene rings is 1. The van der Waals surface area contributed by atoms with Gasteiger partial charge in [-0.05, 0) is 30.2 Å². The Hall–Kier alpha value is -1.79. The Balaban J connectivity index is 1.64. The molecule has 1 aliphatic rings. The highest BCUT2D eigenvalue weighted by Gasteiger charge is 2.34. The molecule has 21 heavy (non-hydrogen) atoms. The van der Waals surface area contributed by atoms with E-state index in [-0.39, 0.29) is 0 Å². The molecule has 0 saturated carbocycles. The van der Waals surface area contributed by atoms with Crippen LogP contribution in [0, 0.1) is 0 Å². The smallest absolute Gasteiger partial charge is 0.177 e. The molecular weight excluding hydrogens is 266 g/mol. The quantitative estimate of drug-likeness (QED) is 0.900. The van der Waals surface area contributed by atoms with Crippen molar-refractivity contribution in [3.8, 4) is 0 Å². The van der Waals surface area contributed by atoms with Gasteiger partial charge in [0.15, 0.2) is 5.82 Å². The summed E-state index contributed by atoms with van der Waals surface area (Å²) >= 11 is 0. The minimum absolute atomic E-state index is 0.464. The zero-order valence-electron chi connectivity index (χ0n) is 12.3. The molecule has 0 spiro atoms. The summed E-state index contributed by atoms with van der Waals surface area (Å²) in [4.78, 5) is 3.73. The third-order valence-corrected chi connectivity index (χ3v) is 3.92. The van der Waals surface area contributed by atoms with Crippen molar-refractivity contribution in [3.05, 3.63) is 41.7 Å². The topological polar surface area (TPSA) is 67.1 Å². The van der Waals surface area contributed by atoms with Gasteiger partial charge in [-0.3, -0.25) is 4.90 Å². The Labute approximate surface area is 124 Å². The lowest BCUT2D eigenvalue weighted by molar-refractivity contribution is -0.0340. The standard InChI is InChI=1S/C15H21N5O/c1-19-17-14(16-18-19)10-15(21)8-5-9-20(12-15)11-13-6-3-2-4-7-13/h2-4,6-7,21H,5,8-12H2,1H3. The van der Waals surface area contributed by atoms with Crippen LogP contribution in [-0.2, 0) is 20.0 Å². The molecule has 2 heterocycles. The number of piperidine rings is 1. The third kappa shape index (κ3) is 3.65. The number of hydrogen-bond donors (Lipinski definition) is 1. The van der Waals surface area contributed by atoms with Gasteiger partial charge in [0.2, 0.25) is 0 Å². The lowest BCUT2D eigenvalue weighted by atomic mass is 9.89. The minimum atomic E-state index is -0.754. The summed E-state index contributed by atoms with van der Waals surface area (Å²) < 4.78 is 0. The fraction of sp³-hybridized carbons (Fsp3) is 0.533. The molecule has 1 N–H and O–H groups in total. The van der Waals surface area contributed by atoms with Gasteiger partial charge in [-0.2, -0.15) is 4.80 Å². The zero-order valence-corrected chi connectivity index (χ0v) is 12.3. The first kappa shape index (κ1) is 14.2. The molecule has 3 rings (SSSR count). The van der Waals surface area contributed by atoms with Gasteiger partial charge in [-0.1, -0.05) is 30.3 Å². The van der Waals surface area contributed by atoms with Gasteiger partial charge in [0.1, 0.15) is 0 Å². The van der Waals surface area contributed by atoms with Crippen LogP contribution < -0.4 is 0 Å². The number of aliphatic hydroxyl groups is 1. The first-order valence-electron chi connectivity index (χ1n) is 7.35. The van der Waals surface area contributed by atoms with Crippen LogP contribution in [0.1, 0.15) is 24.2 Å². The molecule has 2 aromatic rings. The van der Waals surface area contributed by atoms with Gasteiger partial charge >= 0.3 is 0 Å². The fourth-order valence-corrected chi connectivity index (χ4v) is 3.02. The number of aryl methyl sites for hydroxylation is 1. The van der Waals surface area contributed by atoms with E-state index in [9.17, 15) is 5.11 Å². The van der Waals surface area contributed by atoms with Crippen molar-refractivity contribution in [2.75, 3.05) is 13.1 Å². The second kappa shape index (κ2) is 5.91. The van der Waals surface area contributed by atoms with Crippen molar-refractivity contribution in [1.29, 1.82) is 0 Å². The molecule has 0 radical (unpaired) electrons. The SMILES string of the molecule is Cn1nnc(CC2(O)CCCN(Cc3ccccc3)C2)n1. The van der Waals surface area contributed by atoms with Crippen LogP contribution in [0.2, 0.25) is 0 Å². The van der Waals surface area contributed by atoms with Crippen LogP contribution in [0.3, 0.4) is 0 Å². The van der Waals surface area contributed by atoms with E-state index in [0.29, 0.717) is 18.8 Å². The van der Waals surface area contributed by atoms with Gasteiger partial charge in [0, 0.05) is 19.5 Å². The van der Waals surface area contributed by atoms with Crippen LogP contribution >= 0.6 is 0 Å². The predicted octanol–water partition coefficient (Wildman–Crippen LogP) is 0.780. The zero-order chi connectivity index (χ0) is 14.7. The number of hydrogen-bond acceptors (Lipinski definition) is 5. The summed E-state index contributed by atoms with van der Waals surface area (Å²) in [6, 6.07) is 10.4. The number of β-amino-alcohol motifs (C(OH)–C–C–N with tert-alkyl or cyclic N) is 1. The molecule has 0 amide bonds. The predicted molar refractivity (Wildman–Crippen MR) is 78.4 cm³/mol. The van der Waals surface area contributed by atoms with Crippen molar-refractivity contribution in [2.45, 2.75) is 31.4 Å². The molecule has 1 fully saturated rings. The second-order valence-electron chi connectivity index (χ2n) is 5.90. The Kier molecular flexibility index (Phi) is 3.98. The van der Waals surface area contributed by atoms with E-state index in [1.54, 1.807) is 7.05 Å². The van der Waals surface area contributed by atoms with Crippen molar-refractivity contribution in [3.63, 3.8) is 0 Å². The highest BCUT2D eigenvalue weighted by atomic mass is 16.3. The molecule has 1 aromatic heterocycles. The van der Waals surface area contributed by atoms with Gasteiger partial charge in [-0.15, -0.1) is 10.2 Å². The van der Waals surface area contributed by atoms with Crippen molar-refractivity contribution in [2.24, 2.45) is 7.05 Å². The highest BCUT2D eigenvalue weighted by molar-refractivity contribution is 5.14. The first-order chi connectivity index (χ1) is 10.1. The van der Waals surface area contributed by atoms with Crippen molar-refractivity contribution in [1.82, 2.24) is 25.1 Å². The van der Waals surface area contributed by atoms with E-state index in [0.717, 1.165) is 25.9 Å². The average Bonchev–Trinajstić information content (AvgIpc) is 2.84. The van der Waals surface area contributed by atoms with Crippen LogP contribution in [-0.4, -0.2) is 48.9 Å². The van der Waals surface area contributed by atoms with E-state index >= 15 is 0 Å². The maximum atomic E-state index is 10.8. The fourth-order valence-electron chi connectivity index (χ4n) is 3.02. The highest BCUT2D eigenvalue weighted by Crippen LogP contribution is 2.25. The summed E-state index contributed by atoms with van der Waals surface area (Å²) in [5, 5.41) is 22.8. The number of likely N-dealkylation sites (tertiary alicyclic amines) is 1. The summed E-state index contributed by atoms with van der Waals surface area (Å²) in [5.74, 6) is 0.613. The number of nitrogens with zero attached hydrogens (tertiary/aromatic N) is 5. The lowest BCUT2D eigenvalue weighted by Gasteiger charge is -2.38. The van der Waals surface area contributed by atoms with E-state index in [1.807, 2.05) is 6.07 Å². The van der Waals surface area contributed by atoms with E-state index in [1.165, 1.54) is 10.4 Å². The van der Waals surface area contributed by atoms with Crippen LogP contribution in [0.15, 0.2) is 30.3 Å². The second-order valence-corrected chi connectivity index (χ2v) is 5.90. The van der Waals surface area contributed by atoms with E-state index < -0.39 is 5.60 Å². The summed E-state index contributed by atoms with van der Waals surface area (Å²) in [7, 11) is 1.74. The molecule has 1 saturated heterocycles. The Bertz CT molecular complexity index is 585. The van der Waals surface area contributed by atoms with Gasteiger partial charge in [-0.25, -0.2) is 0 Å². The van der Waals surface area contributed by atoms with Gasteiger partial charge in [0.25, 0.3) is 0 Å². The molecule has 0 bridgehead atoms. The number of aromatic nitrogens is 4. The first-order valence-corrected chi connectivity index (χ1v) is 7.35. The third-order valence-electron chi connectivity index (χ3n) is 3.92. The maximum Gasteiger partial charge on any atom is 0.177 e. The molecule has 112 valence electrons. The number of rotatable bonds is 4. The molecule has 1 atom stereocenters. The van der Waals surface area contributed by atoms with E-state index in [2.05, 4.69) is 44.6 Å². The van der Waals surface area contributed by atoms with Crippen LogP contribution in [0.25, 0.3) is 0 Å². The molecule has 6 nitrogen and oxygen atoms in total. The van der Waals surface area contributed by atoms with Crippen LogP contribution in [0.4, 0.5) is 0 Å². The van der Waals surface area contributed by atoms with Crippen molar-refractivity contribution < 1.29 is 5.11 Å². The lowest BCUT2D eigenvalue weighted by Crippen LogP contribution is -2.49. The Morgan fingerprint density at radius 2 is 2.10 bits per heavy atom. The largest absolute Gasteiger partial charge is 0.388 e. The van der Waals surface area contributed by atoms with E-state index in [4.69, 9.17) is 0 Å². The van der Waals surface area contributed by atoms with Gasteiger partial charge in [0.05, 0.1) is 12.6 Å². The Morgan fingerprint density at radius 3 is 2.81 bits per heavy atom. The summed E-state index contributed by atoms with van der Waals surface area (Å²) in [6.45, 7) is 2.54. The number of tetrazole rings is 1. The Morgan fingerprint density at radius 1 is 1.29 bits per heavy atom. The molecule has 1 aliphatic heterocycles. The molecular formula is C15H21N5O. The average molecular weight is 287 g/mol. The summed E-state index contributed by atoms with van der Waals surface area (Å²) in [6.07, 6.45) is 2.24. The van der Waals surface area contributed by atoms with Gasteiger partial charge < -0.3 is 5.11 Å². The normalized spacial score (nSPS) is 23.3. The monoisotopic (exact) mass is 287 g/mol.